The van der Waals surface area contributed by atoms with Gasteiger partial charge in [0, 0.05) is 23.1 Å². The lowest BCUT2D eigenvalue weighted by Crippen LogP contribution is -2.63. The maximum absolute atomic E-state index is 15.5. The molecule has 1 unspecified atom stereocenters. The van der Waals surface area contributed by atoms with Gasteiger partial charge in [0.15, 0.2) is 28.8 Å². The van der Waals surface area contributed by atoms with Gasteiger partial charge in [0.1, 0.15) is 23.9 Å². The molecular formula is C45H51NO13. The molecule has 4 aromatic rings. The van der Waals surface area contributed by atoms with Crippen LogP contribution in [0.4, 0.5) is 0 Å². The molecule has 0 radical (unpaired) electrons. The van der Waals surface area contributed by atoms with Crippen LogP contribution >= 0.6 is 0 Å². The number of Topliss-reactive ketones (excluding diaryl/α,β-unsaturated/α-hetero) is 1. The van der Waals surface area contributed by atoms with Crippen molar-refractivity contribution in [3.8, 4) is 40.2 Å². The Balaban J connectivity index is 1.56. The number of hydrogen-bond acceptors (Lipinski definition) is 13. The van der Waals surface area contributed by atoms with Gasteiger partial charge < -0.3 is 47.5 Å². The number of fused-ring (bicyclic) bond motifs is 3. The lowest BCUT2D eigenvalue weighted by molar-refractivity contribution is -0.176. The molecule has 0 bridgehead atoms. The Morgan fingerprint density at radius 1 is 0.746 bits per heavy atom. The van der Waals surface area contributed by atoms with E-state index < -0.39 is 59.8 Å². The summed E-state index contributed by atoms with van der Waals surface area (Å²) in [5.41, 5.74) is 1.25. The summed E-state index contributed by atoms with van der Waals surface area (Å²) >= 11 is 0. The van der Waals surface area contributed by atoms with E-state index in [1.54, 1.807) is 45.9 Å². The van der Waals surface area contributed by atoms with Crippen LogP contribution in [0.2, 0.25) is 0 Å². The third-order valence-electron chi connectivity index (χ3n) is 10.9. The van der Waals surface area contributed by atoms with Gasteiger partial charge in [0.2, 0.25) is 17.4 Å². The highest BCUT2D eigenvalue weighted by Gasteiger charge is 2.57. The van der Waals surface area contributed by atoms with Crippen LogP contribution in [0, 0.1) is 18.8 Å². The van der Waals surface area contributed by atoms with Crippen molar-refractivity contribution in [3.63, 3.8) is 0 Å². The predicted octanol–water partition coefficient (Wildman–Crippen LogP) is 6.26. The van der Waals surface area contributed by atoms with Crippen molar-refractivity contribution in [2.24, 2.45) is 11.8 Å². The Hall–Kier alpha value is -6.18. The van der Waals surface area contributed by atoms with E-state index in [1.807, 2.05) is 30.3 Å². The molecule has 1 amide bonds. The zero-order valence-electron chi connectivity index (χ0n) is 35.3. The second-order valence-corrected chi connectivity index (χ2v) is 15.3. The van der Waals surface area contributed by atoms with Gasteiger partial charge in [-0.2, -0.15) is 0 Å². The van der Waals surface area contributed by atoms with Crippen molar-refractivity contribution >= 4 is 34.4 Å². The van der Waals surface area contributed by atoms with Crippen molar-refractivity contribution in [2.75, 3.05) is 56.4 Å². The molecule has 14 nitrogen and oxygen atoms in total. The van der Waals surface area contributed by atoms with E-state index in [9.17, 15) is 9.59 Å². The SMILES string of the molecule is COc1cc(C[C@@H]2C(=O)N3[C@H](Cc4c(OC)c(OC)c(OC)c(OC)c4[C@H]3COC(=O)c3cccc4ccccc34)C(=O)C2C(=O)OC(C)(C)C)c(OC)c(C)c1OC. The minimum Gasteiger partial charge on any atom is -0.496 e. The van der Waals surface area contributed by atoms with Gasteiger partial charge in [-0.3, -0.25) is 14.4 Å². The number of esters is 2. The Bertz CT molecular complexity index is 2290. The zero-order valence-corrected chi connectivity index (χ0v) is 35.3. The van der Waals surface area contributed by atoms with Crippen LogP contribution in [-0.4, -0.2) is 96.5 Å². The summed E-state index contributed by atoms with van der Waals surface area (Å²) in [6, 6.07) is 12.0. The van der Waals surface area contributed by atoms with Gasteiger partial charge in [-0.25, -0.2) is 4.79 Å². The van der Waals surface area contributed by atoms with Crippen LogP contribution in [0.5, 0.6) is 40.2 Å². The molecule has 4 atom stereocenters. The average Bonchev–Trinajstić information content (AvgIpc) is 3.21. The highest BCUT2D eigenvalue weighted by Crippen LogP contribution is 2.56. The Morgan fingerprint density at radius 2 is 1.36 bits per heavy atom. The molecule has 2 aliphatic rings. The Kier molecular flexibility index (Phi) is 12.2. The molecule has 2 heterocycles. The molecule has 2 aliphatic heterocycles. The summed E-state index contributed by atoms with van der Waals surface area (Å²) in [5.74, 6) is -3.50. The molecule has 1 saturated heterocycles. The van der Waals surface area contributed by atoms with Crippen LogP contribution < -0.4 is 33.2 Å². The lowest BCUT2D eigenvalue weighted by Gasteiger charge is -2.49. The van der Waals surface area contributed by atoms with Crippen molar-refractivity contribution in [1.29, 1.82) is 0 Å². The first-order valence-corrected chi connectivity index (χ1v) is 19.1. The maximum atomic E-state index is 15.5. The van der Waals surface area contributed by atoms with E-state index in [2.05, 4.69) is 0 Å². The van der Waals surface area contributed by atoms with E-state index >= 15 is 9.59 Å². The number of carbonyl (C=O) groups is 4. The first kappa shape index (κ1) is 42.4. The third kappa shape index (κ3) is 7.52. The van der Waals surface area contributed by atoms with E-state index in [0.717, 1.165) is 5.39 Å². The highest BCUT2D eigenvalue weighted by molar-refractivity contribution is 6.10. The van der Waals surface area contributed by atoms with Crippen molar-refractivity contribution in [2.45, 2.75) is 58.2 Å². The number of benzene rings is 4. The van der Waals surface area contributed by atoms with E-state index in [1.165, 1.54) is 54.7 Å². The topological polar surface area (TPSA) is 155 Å². The summed E-state index contributed by atoms with van der Waals surface area (Å²) in [6.45, 7) is 6.44. The maximum Gasteiger partial charge on any atom is 0.338 e. The number of nitrogens with zero attached hydrogens (tertiary/aromatic N) is 1. The molecule has 59 heavy (non-hydrogen) atoms. The smallest absolute Gasteiger partial charge is 0.338 e. The zero-order chi connectivity index (χ0) is 42.9. The van der Waals surface area contributed by atoms with Gasteiger partial charge in [0.05, 0.1) is 73.3 Å². The summed E-state index contributed by atoms with van der Waals surface area (Å²) in [5, 5.41) is 1.51. The van der Waals surface area contributed by atoms with E-state index in [0.29, 0.717) is 50.5 Å². The molecule has 1 fully saturated rings. The molecule has 0 aliphatic carbocycles. The molecule has 6 rings (SSSR count). The molecule has 4 aromatic carbocycles. The monoisotopic (exact) mass is 813 g/mol. The summed E-state index contributed by atoms with van der Waals surface area (Å²) in [4.78, 5) is 60.4. The Labute approximate surface area is 343 Å². The molecule has 14 heteroatoms. The molecular weight excluding hydrogens is 762 g/mol. The van der Waals surface area contributed by atoms with Crippen molar-refractivity contribution < 1.29 is 61.8 Å². The normalized spacial score (nSPS) is 18.7. The first-order chi connectivity index (χ1) is 28.2. The van der Waals surface area contributed by atoms with Gasteiger partial charge in [0.25, 0.3) is 0 Å². The molecule has 0 N–H and O–H groups in total. The van der Waals surface area contributed by atoms with E-state index in [-0.39, 0.29) is 35.8 Å². The van der Waals surface area contributed by atoms with Gasteiger partial charge >= 0.3 is 11.9 Å². The largest absolute Gasteiger partial charge is 0.496 e. The highest BCUT2D eigenvalue weighted by atomic mass is 16.6. The van der Waals surface area contributed by atoms with Crippen LogP contribution in [-0.2, 0) is 36.7 Å². The number of rotatable bonds is 13. The fraction of sp³-hybridized carbons (Fsp3) is 0.422. The number of ketones is 1. The summed E-state index contributed by atoms with van der Waals surface area (Å²) in [7, 11) is 10.2. The minimum absolute atomic E-state index is 0.0988. The second-order valence-electron chi connectivity index (χ2n) is 15.3. The fourth-order valence-electron chi connectivity index (χ4n) is 8.55. The van der Waals surface area contributed by atoms with Crippen LogP contribution in [0.3, 0.4) is 0 Å². The van der Waals surface area contributed by atoms with Crippen molar-refractivity contribution in [3.05, 3.63) is 76.3 Å². The van der Waals surface area contributed by atoms with Crippen LogP contribution in [0.25, 0.3) is 10.8 Å². The van der Waals surface area contributed by atoms with Gasteiger partial charge in [-0.05, 0) is 62.6 Å². The number of amides is 1. The van der Waals surface area contributed by atoms with E-state index in [4.69, 9.17) is 42.6 Å². The fourth-order valence-corrected chi connectivity index (χ4v) is 8.55. The molecule has 314 valence electrons. The first-order valence-electron chi connectivity index (χ1n) is 19.1. The molecule has 0 saturated carbocycles. The van der Waals surface area contributed by atoms with Crippen molar-refractivity contribution in [1.82, 2.24) is 4.90 Å². The lowest BCUT2D eigenvalue weighted by atomic mass is 9.72. The average molecular weight is 814 g/mol. The number of piperidine rings is 1. The van der Waals surface area contributed by atoms with Gasteiger partial charge in [-0.1, -0.05) is 36.4 Å². The predicted molar refractivity (Wildman–Crippen MR) is 216 cm³/mol. The Morgan fingerprint density at radius 3 is 1.97 bits per heavy atom. The third-order valence-corrected chi connectivity index (χ3v) is 10.9. The number of carbonyl (C=O) groups excluding carboxylic acids is 4. The summed E-state index contributed by atoms with van der Waals surface area (Å²) < 4.78 is 52.5. The van der Waals surface area contributed by atoms with Crippen LogP contribution in [0.15, 0.2) is 48.5 Å². The number of methoxy groups -OCH3 is 7. The molecule has 0 aromatic heterocycles. The summed E-state index contributed by atoms with van der Waals surface area (Å²) in [6.07, 6.45) is -0.234. The second kappa shape index (κ2) is 17.0. The number of hydrogen-bond donors (Lipinski definition) is 0. The quantitative estimate of drug-likeness (QED) is 0.110. The standard InChI is InChI=1S/C45H51NO13/c1-23-36(52-6)25(20-32(51-5)37(23)53-7)19-29-34(44(50)59-45(2,3)4)35(47)30-21-28-33(39(55-9)41(57-11)40(56-10)38(28)54-8)31(46(30)42(29)48)22-58-43(49)27-18-14-16-24-15-12-13-17-26(24)27/h12-18,20,29-31,34H,19,21-22H2,1-11H3/t29-,30+,31+,34?/m0/s1. The number of ether oxygens (including phenoxy) is 9. The van der Waals surface area contributed by atoms with Crippen LogP contribution in [0.1, 0.15) is 59.4 Å². The minimum atomic E-state index is -1.53. The van der Waals surface area contributed by atoms with Gasteiger partial charge in [-0.15, -0.1) is 0 Å². The molecule has 0 spiro atoms.